The fourth-order valence-corrected chi connectivity index (χ4v) is 3.93. The normalized spacial score (nSPS) is 27.8. The molecule has 1 unspecified atom stereocenters. The predicted molar refractivity (Wildman–Crippen MR) is 90.2 cm³/mol. The summed E-state index contributed by atoms with van der Waals surface area (Å²) in [6.45, 7) is 2.40. The van der Waals surface area contributed by atoms with Crippen molar-refractivity contribution >= 4 is 0 Å². The quantitative estimate of drug-likeness (QED) is 0.872. The molecule has 2 fully saturated rings. The van der Waals surface area contributed by atoms with Gasteiger partial charge in [-0.2, -0.15) is 4.98 Å². The Kier molecular flexibility index (Phi) is 4.60. The van der Waals surface area contributed by atoms with Crippen LogP contribution in [0.15, 0.2) is 34.9 Å². The fraction of sp³-hybridized carbons (Fsp3) is 0.556. The Morgan fingerprint density at radius 3 is 2.88 bits per heavy atom. The third kappa shape index (κ3) is 3.36. The van der Waals surface area contributed by atoms with Crippen LogP contribution in [0.4, 0.5) is 0 Å². The highest BCUT2D eigenvalue weighted by Gasteiger charge is 2.35. The van der Waals surface area contributed by atoms with Crippen LogP contribution in [0.2, 0.25) is 0 Å². The molecule has 1 aliphatic carbocycles. The third-order valence-electron chi connectivity index (χ3n) is 5.16. The number of nitrogens with one attached hydrogen (secondary N) is 1. The van der Waals surface area contributed by atoms with Crippen molar-refractivity contribution in [3.63, 3.8) is 0 Å². The SMILES string of the molecule is OC1CCN([C@H]2CCC[C@H]2NCc2nc(-c3ccccc3)no2)C1. The van der Waals surface area contributed by atoms with E-state index in [4.69, 9.17) is 4.52 Å². The Balaban J connectivity index is 1.36. The van der Waals surface area contributed by atoms with E-state index in [-0.39, 0.29) is 6.10 Å². The van der Waals surface area contributed by atoms with E-state index in [1.165, 1.54) is 12.8 Å². The van der Waals surface area contributed by atoms with Gasteiger partial charge in [0.2, 0.25) is 11.7 Å². The van der Waals surface area contributed by atoms with E-state index in [0.29, 0.717) is 30.3 Å². The van der Waals surface area contributed by atoms with Crippen molar-refractivity contribution < 1.29 is 9.63 Å². The smallest absolute Gasteiger partial charge is 0.240 e. The molecular formula is C18H24N4O2. The minimum absolute atomic E-state index is 0.157. The molecule has 6 nitrogen and oxygen atoms in total. The number of aromatic nitrogens is 2. The average molecular weight is 328 g/mol. The first-order valence-corrected chi connectivity index (χ1v) is 8.83. The number of nitrogens with zero attached hydrogens (tertiary/aromatic N) is 3. The summed E-state index contributed by atoms with van der Waals surface area (Å²) in [5.41, 5.74) is 0.970. The lowest BCUT2D eigenvalue weighted by Gasteiger charge is -2.29. The average Bonchev–Trinajstić information content (AvgIpc) is 3.34. The summed E-state index contributed by atoms with van der Waals surface area (Å²) in [5, 5.41) is 17.4. The van der Waals surface area contributed by atoms with E-state index in [1.54, 1.807) is 0 Å². The highest BCUT2D eigenvalue weighted by Crippen LogP contribution is 2.27. The second-order valence-electron chi connectivity index (χ2n) is 6.80. The van der Waals surface area contributed by atoms with Crippen LogP contribution in [0.3, 0.4) is 0 Å². The second-order valence-corrected chi connectivity index (χ2v) is 6.80. The molecule has 2 heterocycles. The number of rotatable bonds is 5. The number of likely N-dealkylation sites (tertiary alicyclic amines) is 1. The van der Waals surface area contributed by atoms with E-state index in [1.807, 2.05) is 30.3 Å². The molecule has 2 aromatic rings. The lowest BCUT2D eigenvalue weighted by atomic mass is 10.1. The number of aliphatic hydroxyl groups is 1. The van der Waals surface area contributed by atoms with Gasteiger partial charge in [-0.15, -0.1) is 0 Å². The maximum absolute atomic E-state index is 9.77. The van der Waals surface area contributed by atoms with Gasteiger partial charge in [0.25, 0.3) is 0 Å². The zero-order valence-corrected chi connectivity index (χ0v) is 13.8. The third-order valence-corrected chi connectivity index (χ3v) is 5.16. The molecule has 1 saturated heterocycles. The van der Waals surface area contributed by atoms with Crippen molar-refractivity contribution in [2.24, 2.45) is 0 Å². The van der Waals surface area contributed by atoms with Crippen molar-refractivity contribution in [1.82, 2.24) is 20.4 Å². The molecule has 1 aliphatic heterocycles. The fourth-order valence-electron chi connectivity index (χ4n) is 3.93. The Labute approximate surface area is 141 Å². The van der Waals surface area contributed by atoms with Gasteiger partial charge in [-0.1, -0.05) is 41.9 Å². The van der Waals surface area contributed by atoms with Crippen LogP contribution in [0, 0.1) is 0 Å². The first kappa shape index (κ1) is 15.7. The van der Waals surface area contributed by atoms with Gasteiger partial charge in [-0.25, -0.2) is 0 Å². The second kappa shape index (κ2) is 7.01. The zero-order valence-electron chi connectivity index (χ0n) is 13.8. The van der Waals surface area contributed by atoms with Crippen LogP contribution in [-0.4, -0.2) is 51.4 Å². The van der Waals surface area contributed by atoms with Crippen LogP contribution in [0.1, 0.15) is 31.6 Å². The maximum Gasteiger partial charge on any atom is 0.240 e. The molecule has 0 amide bonds. The summed E-state index contributed by atoms with van der Waals surface area (Å²) in [7, 11) is 0. The zero-order chi connectivity index (χ0) is 16.4. The van der Waals surface area contributed by atoms with E-state index in [9.17, 15) is 5.11 Å². The molecule has 2 N–H and O–H groups in total. The molecule has 0 radical (unpaired) electrons. The standard InChI is InChI=1S/C18H24N4O2/c23-14-9-10-22(12-14)16-8-4-7-15(16)19-11-17-20-18(21-24-17)13-5-2-1-3-6-13/h1-3,5-6,14-16,19,23H,4,7-12H2/t14?,15-,16+/m1/s1. The molecule has 0 spiro atoms. The van der Waals surface area contributed by atoms with Crippen molar-refractivity contribution in [2.45, 2.75) is 50.4 Å². The number of β-amino-alcohol motifs (C(OH)–C–C–N with tert-alkyl or cyclic N) is 1. The Morgan fingerprint density at radius 2 is 2.08 bits per heavy atom. The number of benzene rings is 1. The first-order valence-electron chi connectivity index (χ1n) is 8.83. The summed E-state index contributed by atoms with van der Waals surface area (Å²) in [6, 6.07) is 10.8. The number of hydrogen-bond acceptors (Lipinski definition) is 6. The minimum atomic E-state index is -0.157. The molecule has 1 saturated carbocycles. The molecule has 24 heavy (non-hydrogen) atoms. The van der Waals surface area contributed by atoms with E-state index in [2.05, 4.69) is 20.4 Å². The van der Waals surface area contributed by atoms with Gasteiger partial charge in [-0.3, -0.25) is 4.90 Å². The Hall–Kier alpha value is -1.76. The van der Waals surface area contributed by atoms with Gasteiger partial charge in [0, 0.05) is 30.7 Å². The molecule has 4 rings (SSSR count). The van der Waals surface area contributed by atoms with Crippen LogP contribution >= 0.6 is 0 Å². The van der Waals surface area contributed by atoms with Crippen molar-refractivity contribution in [3.05, 3.63) is 36.2 Å². The molecule has 128 valence electrons. The predicted octanol–water partition coefficient (Wildman–Crippen LogP) is 1.81. The van der Waals surface area contributed by atoms with Gasteiger partial charge >= 0.3 is 0 Å². The molecule has 0 bridgehead atoms. The van der Waals surface area contributed by atoms with Gasteiger partial charge < -0.3 is 14.9 Å². The highest BCUT2D eigenvalue weighted by molar-refractivity contribution is 5.53. The van der Waals surface area contributed by atoms with Gasteiger partial charge in [0.05, 0.1) is 12.6 Å². The summed E-state index contributed by atoms with van der Waals surface area (Å²) < 4.78 is 5.38. The molecule has 3 atom stereocenters. The van der Waals surface area contributed by atoms with Gasteiger partial charge in [0.1, 0.15) is 0 Å². The summed E-state index contributed by atoms with van der Waals surface area (Å²) in [4.78, 5) is 6.91. The lowest BCUT2D eigenvalue weighted by Crippen LogP contribution is -2.46. The maximum atomic E-state index is 9.77. The minimum Gasteiger partial charge on any atom is -0.392 e. The molecule has 6 heteroatoms. The first-order chi connectivity index (χ1) is 11.8. The van der Waals surface area contributed by atoms with Gasteiger partial charge in [0.15, 0.2) is 0 Å². The summed E-state index contributed by atoms with van der Waals surface area (Å²) in [6.07, 6.45) is 4.33. The monoisotopic (exact) mass is 328 g/mol. The van der Waals surface area contributed by atoms with E-state index >= 15 is 0 Å². The largest absolute Gasteiger partial charge is 0.392 e. The van der Waals surface area contributed by atoms with Crippen molar-refractivity contribution in [1.29, 1.82) is 0 Å². The lowest BCUT2D eigenvalue weighted by molar-refractivity contribution is 0.149. The number of aliphatic hydroxyl groups excluding tert-OH is 1. The molecule has 2 aliphatic rings. The highest BCUT2D eigenvalue weighted by atomic mass is 16.5. The Bertz CT molecular complexity index is 660. The van der Waals surface area contributed by atoms with E-state index < -0.39 is 0 Å². The molecular weight excluding hydrogens is 304 g/mol. The molecule has 1 aromatic heterocycles. The van der Waals surface area contributed by atoms with Gasteiger partial charge in [-0.05, 0) is 19.3 Å². The van der Waals surface area contributed by atoms with E-state index in [0.717, 1.165) is 31.5 Å². The summed E-state index contributed by atoms with van der Waals surface area (Å²) in [5.74, 6) is 1.26. The van der Waals surface area contributed by atoms with Crippen molar-refractivity contribution in [3.8, 4) is 11.4 Å². The van der Waals surface area contributed by atoms with Crippen LogP contribution in [0.5, 0.6) is 0 Å². The van der Waals surface area contributed by atoms with Crippen LogP contribution in [-0.2, 0) is 6.54 Å². The van der Waals surface area contributed by atoms with Crippen molar-refractivity contribution in [2.75, 3.05) is 13.1 Å². The van der Waals surface area contributed by atoms with Crippen LogP contribution in [0.25, 0.3) is 11.4 Å². The Morgan fingerprint density at radius 1 is 1.21 bits per heavy atom. The molecule has 1 aromatic carbocycles. The van der Waals surface area contributed by atoms with Crippen LogP contribution < -0.4 is 5.32 Å². The number of hydrogen-bond donors (Lipinski definition) is 2. The summed E-state index contributed by atoms with van der Waals surface area (Å²) >= 11 is 0. The topological polar surface area (TPSA) is 74.4 Å².